The first-order valence-electron chi connectivity index (χ1n) is 11.6. The van der Waals surface area contributed by atoms with Gasteiger partial charge in [-0.1, -0.05) is 78.1 Å². The molecule has 29 heavy (non-hydrogen) atoms. The van der Waals surface area contributed by atoms with Crippen LogP contribution in [0.5, 0.6) is 0 Å². The molecule has 0 saturated heterocycles. The zero-order valence-corrected chi connectivity index (χ0v) is 19.0. The molecular formula is C23H44O6. The Morgan fingerprint density at radius 3 is 1.48 bits per heavy atom. The van der Waals surface area contributed by atoms with Crippen LogP contribution in [0.3, 0.4) is 0 Å². The highest BCUT2D eigenvalue weighted by atomic mass is 16.7. The van der Waals surface area contributed by atoms with Crippen molar-refractivity contribution in [2.24, 2.45) is 0 Å². The van der Waals surface area contributed by atoms with Crippen molar-refractivity contribution in [3.63, 3.8) is 0 Å². The highest BCUT2D eigenvalue weighted by molar-refractivity contribution is 5.69. The molecule has 0 spiro atoms. The van der Waals surface area contributed by atoms with E-state index in [4.69, 9.17) is 18.9 Å². The second-order valence-electron chi connectivity index (χ2n) is 7.60. The molecule has 6 heteroatoms. The van der Waals surface area contributed by atoms with Crippen LogP contribution in [-0.2, 0) is 28.5 Å². The molecule has 0 fully saturated rings. The van der Waals surface area contributed by atoms with Gasteiger partial charge in [0.1, 0.15) is 26.1 Å². The van der Waals surface area contributed by atoms with E-state index >= 15 is 0 Å². The summed E-state index contributed by atoms with van der Waals surface area (Å²) in [6.45, 7) is 4.58. The fourth-order valence-corrected chi connectivity index (χ4v) is 2.92. The third-order valence-corrected chi connectivity index (χ3v) is 4.75. The van der Waals surface area contributed by atoms with Gasteiger partial charge in [-0.25, -0.2) is 0 Å². The van der Waals surface area contributed by atoms with E-state index < -0.39 is 6.10 Å². The van der Waals surface area contributed by atoms with Crippen molar-refractivity contribution in [1.29, 1.82) is 0 Å². The summed E-state index contributed by atoms with van der Waals surface area (Å²) in [6, 6.07) is 0. The molecular weight excluding hydrogens is 372 g/mol. The molecule has 0 aliphatic carbocycles. The van der Waals surface area contributed by atoms with Gasteiger partial charge < -0.3 is 18.9 Å². The minimum Gasteiger partial charge on any atom is -0.463 e. The number of unbranched alkanes of at least 4 members (excludes halogenated alkanes) is 10. The average Bonchev–Trinajstić information content (AvgIpc) is 2.72. The summed E-state index contributed by atoms with van der Waals surface area (Å²) in [5.74, 6) is -0.463. The van der Waals surface area contributed by atoms with Crippen LogP contribution in [0, 0.1) is 0 Å². The zero-order valence-electron chi connectivity index (χ0n) is 19.0. The molecule has 0 aromatic heterocycles. The van der Waals surface area contributed by atoms with Crippen LogP contribution in [0.2, 0.25) is 0 Å². The van der Waals surface area contributed by atoms with Gasteiger partial charge in [-0.05, 0) is 12.8 Å². The lowest BCUT2D eigenvalue weighted by molar-refractivity contribution is -0.162. The number of hydrogen-bond acceptors (Lipinski definition) is 6. The van der Waals surface area contributed by atoms with Crippen LogP contribution in [0.4, 0.5) is 0 Å². The maximum absolute atomic E-state index is 11.9. The van der Waals surface area contributed by atoms with Crippen LogP contribution in [0.1, 0.15) is 104 Å². The molecule has 0 saturated carbocycles. The molecule has 0 heterocycles. The standard InChI is InChI=1S/C23H44O6/c1-4-6-8-10-12-14-16-22(24)27-18-21(29-20-26-3)19-28-23(25)17-15-13-11-9-7-5-2/h21H,4-20H2,1-3H3. The van der Waals surface area contributed by atoms with Crippen molar-refractivity contribution in [1.82, 2.24) is 0 Å². The quantitative estimate of drug-likeness (QED) is 0.138. The SMILES string of the molecule is CCCCCCCCC(=O)OCC(COC(=O)CCCCCCCC)OCOC. The predicted molar refractivity (Wildman–Crippen MR) is 115 cm³/mol. The fraction of sp³-hybridized carbons (Fsp3) is 0.913. The summed E-state index contributed by atoms with van der Waals surface area (Å²) < 4.78 is 20.9. The minimum atomic E-state index is -0.503. The Hall–Kier alpha value is -1.14. The highest BCUT2D eigenvalue weighted by Crippen LogP contribution is 2.09. The van der Waals surface area contributed by atoms with Crippen molar-refractivity contribution < 1.29 is 28.5 Å². The van der Waals surface area contributed by atoms with Gasteiger partial charge in [0.05, 0.1) is 0 Å². The minimum absolute atomic E-state index is 0.0641. The number of carbonyl (C=O) groups excluding carboxylic acids is 2. The number of methoxy groups -OCH3 is 1. The molecule has 0 amide bonds. The van der Waals surface area contributed by atoms with Gasteiger partial charge >= 0.3 is 11.9 Å². The van der Waals surface area contributed by atoms with Crippen molar-refractivity contribution in [3.05, 3.63) is 0 Å². The van der Waals surface area contributed by atoms with Crippen molar-refractivity contribution in [3.8, 4) is 0 Å². The summed E-state index contributed by atoms with van der Waals surface area (Å²) in [4.78, 5) is 23.8. The Labute approximate surface area is 178 Å². The molecule has 0 N–H and O–H groups in total. The van der Waals surface area contributed by atoms with Gasteiger partial charge in [0, 0.05) is 20.0 Å². The van der Waals surface area contributed by atoms with E-state index in [0.717, 1.165) is 38.5 Å². The first-order chi connectivity index (χ1) is 14.1. The molecule has 6 nitrogen and oxygen atoms in total. The molecule has 0 aromatic rings. The first-order valence-corrected chi connectivity index (χ1v) is 11.6. The monoisotopic (exact) mass is 416 g/mol. The largest absolute Gasteiger partial charge is 0.463 e. The highest BCUT2D eigenvalue weighted by Gasteiger charge is 2.15. The van der Waals surface area contributed by atoms with Crippen LogP contribution in [-0.4, -0.2) is 45.2 Å². The zero-order chi connectivity index (χ0) is 21.6. The number of carbonyl (C=O) groups is 2. The average molecular weight is 417 g/mol. The molecule has 0 aliphatic rings. The fourth-order valence-electron chi connectivity index (χ4n) is 2.92. The lowest BCUT2D eigenvalue weighted by atomic mass is 10.1. The lowest BCUT2D eigenvalue weighted by Crippen LogP contribution is -2.29. The van der Waals surface area contributed by atoms with Gasteiger partial charge in [-0.15, -0.1) is 0 Å². The van der Waals surface area contributed by atoms with E-state index in [1.165, 1.54) is 45.6 Å². The summed E-state index contributed by atoms with van der Waals surface area (Å²) >= 11 is 0. The molecule has 0 aromatic carbocycles. The maximum atomic E-state index is 11.9. The van der Waals surface area contributed by atoms with Crippen LogP contribution >= 0.6 is 0 Å². The van der Waals surface area contributed by atoms with Crippen LogP contribution < -0.4 is 0 Å². The van der Waals surface area contributed by atoms with Gasteiger partial charge in [0.25, 0.3) is 0 Å². The third-order valence-electron chi connectivity index (χ3n) is 4.75. The summed E-state index contributed by atoms with van der Waals surface area (Å²) in [7, 11) is 1.52. The summed E-state index contributed by atoms with van der Waals surface area (Å²) in [5, 5.41) is 0. The lowest BCUT2D eigenvalue weighted by Gasteiger charge is -2.17. The Morgan fingerprint density at radius 2 is 1.07 bits per heavy atom. The van der Waals surface area contributed by atoms with E-state index in [0.29, 0.717) is 12.8 Å². The van der Waals surface area contributed by atoms with E-state index in [-0.39, 0.29) is 31.9 Å². The van der Waals surface area contributed by atoms with Crippen LogP contribution in [0.15, 0.2) is 0 Å². The summed E-state index contributed by atoms with van der Waals surface area (Å²) in [5.41, 5.74) is 0. The van der Waals surface area contributed by atoms with Gasteiger partial charge in [0.2, 0.25) is 0 Å². The number of esters is 2. The molecule has 0 unspecified atom stereocenters. The molecule has 0 radical (unpaired) electrons. The van der Waals surface area contributed by atoms with E-state index in [2.05, 4.69) is 13.8 Å². The molecule has 0 bridgehead atoms. The predicted octanol–water partition coefficient (Wildman–Crippen LogP) is 5.56. The van der Waals surface area contributed by atoms with Gasteiger partial charge in [-0.2, -0.15) is 0 Å². The third kappa shape index (κ3) is 19.9. The Morgan fingerprint density at radius 1 is 0.655 bits per heavy atom. The number of ether oxygens (including phenoxy) is 4. The maximum Gasteiger partial charge on any atom is 0.305 e. The molecule has 0 aliphatic heterocycles. The first kappa shape index (κ1) is 27.9. The van der Waals surface area contributed by atoms with Crippen LogP contribution in [0.25, 0.3) is 0 Å². The van der Waals surface area contributed by atoms with Crippen molar-refractivity contribution >= 4 is 11.9 Å². The Balaban J connectivity index is 3.91. The Kier molecular flexibility index (Phi) is 20.7. The molecule has 172 valence electrons. The van der Waals surface area contributed by atoms with E-state index in [1.54, 1.807) is 0 Å². The normalized spacial score (nSPS) is 11.0. The van der Waals surface area contributed by atoms with Crippen molar-refractivity contribution in [2.75, 3.05) is 27.1 Å². The molecule has 0 atom stereocenters. The second-order valence-corrected chi connectivity index (χ2v) is 7.60. The van der Waals surface area contributed by atoms with Crippen molar-refractivity contribution in [2.45, 2.75) is 110 Å². The van der Waals surface area contributed by atoms with E-state index in [9.17, 15) is 9.59 Å². The Bertz CT molecular complexity index is 354. The summed E-state index contributed by atoms with van der Waals surface area (Å²) in [6.07, 6.45) is 13.8. The van der Waals surface area contributed by atoms with Gasteiger partial charge in [-0.3, -0.25) is 9.59 Å². The molecule has 0 rings (SSSR count). The number of hydrogen-bond donors (Lipinski definition) is 0. The number of rotatable bonds is 21. The van der Waals surface area contributed by atoms with E-state index in [1.807, 2.05) is 0 Å². The second kappa shape index (κ2) is 21.6. The smallest absolute Gasteiger partial charge is 0.305 e. The van der Waals surface area contributed by atoms with Gasteiger partial charge in [0.15, 0.2) is 0 Å². The topological polar surface area (TPSA) is 71.1 Å².